The highest BCUT2D eigenvalue weighted by Crippen LogP contribution is 2.34. The summed E-state index contributed by atoms with van der Waals surface area (Å²) in [7, 11) is 0. The first-order chi connectivity index (χ1) is 10.8. The summed E-state index contributed by atoms with van der Waals surface area (Å²) in [6.45, 7) is 3.34. The zero-order valence-electron chi connectivity index (χ0n) is 12.8. The lowest BCUT2D eigenvalue weighted by Gasteiger charge is -2.21. The van der Waals surface area contributed by atoms with Gasteiger partial charge in [-0.05, 0) is 25.0 Å². The van der Waals surface area contributed by atoms with Gasteiger partial charge in [0.05, 0.1) is 6.54 Å². The molecule has 2 aliphatic heterocycles. The molecule has 120 valence electrons. The summed E-state index contributed by atoms with van der Waals surface area (Å²) in [4.78, 5) is 6.59. The first-order valence-corrected chi connectivity index (χ1v) is 7.90. The number of ether oxygens (including phenoxy) is 3. The van der Waals surface area contributed by atoms with Crippen LogP contribution < -0.4 is 19.9 Å². The van der Waals surface area contributed by atoms with E-state index in [9.17, 15) is 0 Å². The van der Waals surface area contributed by atoms with E-state index in [0.29, 0.717) is 19.1 Å². The predicted molar refractivity (Wildman–Crippen MR) is 84.6 cm³/mol. The maximum atomic E-state index is 6.05. The number of nitrogens with zero attached hydrogens (tertiary/aromatic N) is 2. The molecule has 0 amide bonds. The van der Waals surface area contributed by atoms with E-state index >= 15 is 0 Å². The Labute approximate surface area is 130 Å². The summed E-state index contributed by atoms with van der Waals surface area (Å²) >= 11 is 0. The second kappa shape index (κ2) is 7.24. The van der Waals surface area contributed by atoms with E-state index in [1.54, 1.807) is 0 Å². The summed E-state index contributed by atoms with van der Waals surface area (Å²) in [6.07, 6.45) is 4.97. The molecule has 3 rings (SSSR count). The van der Waals surface area contributed by atoms with Crippen LogP contribution in [0.25, 0.3) is 0 Å². The molecule has 6 heteroatoms. The Kier molecular flexibility index (Phi) is 4.88. The van der Waals surface area contributed by atoms with Crippen LogP contribution in [0.5, 0.6) is 17.2 Å². The van der Waals surface area contributed by atoms with Crippen molar-refractivity contribution in [2.45, 2.75) is 25.7 Å². The number of rotatable bonds is 4. The van der Waals surface area contributed by atoms with Gasteiger partial charge in [-0.1, -0.05) is 12.8 Å². The number of aliphatic imine (C=N–C) groups is 1. The Balaban J connectivity index is 1.45. The van der Waals surface area contributed by atoms with Crippen molar-refractivity contribution >= 4 is 5.96 Å². The lowest BCUT2D eigenvalue weighted by molar-refractivity contribution is 0.174. The normalized spacial score (nSPS) is 18.2. The maximum Gasteiger partial charge on any atom is 0.231 e. The minimum absolute atomic E-state index is 0.273. The van der Waals surface area contributed by atoms with Crippen LogP contribution in [-0.4, -0.2) is 43.9 Å². The van der Waals surface area contributed by atoms with E-state index in [-0.39, 0.29) is 6.79 Å². The highest BCUT2D eigenvalue weighted by atomic mass is 16.7. The quantitative estimate of drug-likeness (QED) is 0.523. The van der Waals surface area contributed by atoms with E-state index in [0.717, 1.165) is 30.3 Å². The van der Waals surface area contributed by atoms with Gasteiger partial charge >= 0.3 is 0 Å². The number of likely N-dealkylation sites (tertiary alicyclic amines) is 1. The third-order valence-electron chi connectivity index (χ3n) is 3.91. The molecule has 0 aliphatic carbocycles. The van der Waals surface area contributed by atoms with Crippen LogP contribution in [0.15, 0.2) is 23.2 Å². The molecule has 0 bridgehead atoms. The number of hydrogen-bond donors (Lipinski definition) is 1. The standard InChI is InChI=1S/C16H23N3O3/c17-16(19-8-3-1-2-4-9-19)18-7-10-20-13-5-6-14-15(11-13)22-12-21-14/h5-6,11H,1-4,7-10,12H2,(H2,17,18). The molecule has 2 N–H and O–H groups in total. The third kappa shape index (κ3) is 3.75. The van der Waals surface area contributed by atoms with Gasteiger partial charge in [0.15, 0.2) is 17.5 Å². The van der Waals surface area contributed by atoms with Crippen molar-refractivity contribution in [2.24, 2.45) is 10.7 Å². The first kappa shape index (κ1) is 14.8. The van der Waals surface area contributed by atoms with Gasteiger partial charge in [-0.15, -0.1) is 0 Å². The summed E-state index contributed by atoms with van der Waals surface area (Å²) < 4.78 is 16.3. The molecule has 2 aliphatic rings. The smallest absolute Gasteiger partial charge is 0.231 e. The zero-order valence-corrected chi connectivity index (χ0v) is 12.8. The van der Waals surface area contributed by atoms with Crippen LogP contribution in [0.3, 0.4) is 0 Å². The number of fused-ring (bicyclic) bond motifs is 1. The zero-order chi connectivity index (χ0) is 15.2. The molecule has 0 saturated carbocycles. The van der Waals surface area contributed by atoms with Crippen LogP contribution in [0.1, 0.15) is 25.7 Å². The highest BCUT2D eigenvalue weighted by Gasteiger charge is 2.13. The summed E-state index contributed by atoms with van der Waals surface area (Å²) in [6, 6.07) is 5.56. The molecule has 1 fully saturated rings. The van der Waals surface area contributed by atoms with Crippen molar-refractivity contribution in [3.05, 3.63) is 18.2 Å². The van der Waals surface area contributed by atoms with Gasteiger partial charge in [0.2, 0.25) is 6.79 Å². The summed E-state index contributed by atoms with van der Waals surface area (Å²) in [5, 5.41) is 0. The van der Waals surface area contributed by atoms with E-state index in [1.165, 1.54) is 25.7 Å². The van der Waals surface area contributed by atoms with E-state index in [1.807, 2.05) is 18.2 Å². The van der Waals surface area contributed by atoms with Crippen molar-refractivity contribution in [3.8, 4) is 17.2 Å². The lowest BCUT2D eigenvalue weighted by atomic mass is 10.2. The van der Waals surface area contributed by atoms with Gasteiger partial charge in [-0.3, -0.25) is 0 Å². The number of guanidine groups is 1. The lowest BCUT2D eigenvalue weighted by Crippen LogP contribution is -2.38. The van der Waals surface area contributed by atoms with Crippen LogP contribution in [-0.2, 0) is 0 Å². The highest BCUT2D eigenvalue weighted by molar-refractivity contribution is 5.78. The molecular formula is C16H23N3O3. The molecule has 2 heterocycles. The Morgan fingerprint density at radius 1 is 1.14 bits per heavy atom. The van der Waals surface area contributed by atoms with Crippen molar-refractivity contribution in [3.63, 3.8) is 0 Å². The van der Waals surface area contributed by atoms with E-state index in [2.05, 4.69) is 9.89 Å². The second-order valence-electron chi connectivity index (χ2n) is 5.50. The summed E-state index contributed by atoms with van der Waals surface area (Å²) in [5.74, 6) is 2.88. The molecule has 6 nitrogen and oxygen atoms in total. The molecule has 1 aromatic rings. The minimum atomic E-state index is 0.273. The van der Waals surface area contributed by atoms with Gasteiger partial charge in [-0.25, -0.2) is 4.99 Å². The molecule has 0 aromatic heterocycles. The Morgan fingerprint density at radius 2 is 1.91 bits per heavy atom. The van der Waals surface area contributed by atoms with Gasteiger partial charge < -0.3 is 24.8 Å². The minimum Gasteiger partial charge on any atom is -0.492 e. The fraction of sp³-hybridized carbons (Fsp3) is 0.562. The molecule has 0 spiro atoms. The molecule has 0 unspecified atom stereocenters. The molecule has 22 heavy (non-hydrogen) atoms. The Bertz CT molecular complexity index is 525. The SMILES string of the molecule is NC(=NCCOc1ccc2c(c1)OCO2)N1CCCCCC1. The average Bonchev–Trinajstić information content (AvgIpc) is 2.82. The van der Waals surface area contributed by atoms with Gasteiger partial charge in [0.25, 0.3) is 0 Å². The van der Waals surface area contributed by atoms with Crippen LogP contribution in [0.2, 0.25) is 0 Å². The van der Waals surface area contributed by atoms with Crippen LogP contribution in [0.4, 0.5) is 0 Å². The Hall–Kier alpha value is -2.11. The van der Waals surface area contributed by atoms with Crippen molar-refractivity contribution in [1.82, 2.24) is 4.90 Å². The fourth-order valence-electron chi connectivity index (χ4n) is 2.69. The molecule has 0 radical (unpaired) electrons. The number of nitrogens with two attached hydrogens (primary N) is 1. The topological polar surface area (TPSA) is 69.3 Å². The summed E-state index contributed by atoms with van der Waals surface area (Å²) in [5.41, 5.74) is 6.05. The molecular weight excluding hydrogens is 282 g/mol. The van der Waals surface area contributed by atoms with Crippen LogP contribution >= 0.6 is 0 Å². The van der Waals surface area contributed by atoms with Gasteiger partial charge in [-0.2, -0.15) is 0 Å². The molecule has 1 saturated heterocycles. The number of benzene rings is 1. The van der Waals surface area contributed by atoms with E-state index in [4.69, 9.17) is 19.9 Å². The van der Waals surface area contributed by atoms with Crippen LogP contribution in [0, 0.1) is 0 Å². The largest absolute Gasteiger partial charge is 0.492 e. The first-order valence-electron chi connectivity index (χ1n) is 7.90. The monoisotopic (exact) mass is 305 g/mol. The van der Waals surface area contributed by atoms with Gasteiger partial charge in [0.1, 0.15) is 12.4 Å². The van der Waals surface area contributed by atoms with Crippen molar-refractivity contribution < 1.29 is 14.2 Å². The fourth-order valence-corrected chi connectivity index (χ4v) is 2.69. The second-order valence-corrected chi connectivity index (χ2v) is 5.50. The van der Waals surface area contributed by atoms with Crippen molar-refractivity contribution in [1.29, 1.82) is 0 Å². The number of hydrogen-bond acceptors (Lipinski definition) is 4. The van der Waals surface area contributed by atoms with Gasteiger partial charge in [0, 0.05) is 19.2 Å². The van der Waals surface area contributed by atoms with E-state index < -0.39 is 0 Å². The predicted octanol–water partition coefficient (Wildman–Crippen LogP) is 1.98. The third-order valence-corrected chi connectivity index (χ3v) is 3.91. The molecule has 0 atom stereocenters. The average molecular weight is 305 g/mol. The Morgan fingerprint density at radius 3 is 2.73 bits per heavy atom. The maximum absolute atomic E-state index is 6.05. The van der Waals surface area contributed by atoms with Crippen molar-refractivity contribution in [2.75, 3.05) is 33.0 Å². The molecule has 1 aromatic carbocycles.